The van der Waals surface area contributed by atoms with Crippen molar-refractivity contribution in [3.8, 4) is 0 Å². The molecule has 4 rings (SSSR count). The van der Waals surface area contributed by atoms with Crippen molar-refractivity contribution in [2.24, 2.45) is 0 Å². The Morgan fingerprint density at radius 2 is 0.966 bits per heavy atom. The van der Waals surface area contributed by atoms with Crippen LogP contribution in [0.15, 0.2) is 120 Å². The van der Waals surface area contributed by atoms with Crippen molar-refractivity contribution in [2.45, 2.75) is 0 Å². The largest absolute Gasteiger partial charge is 0.289 e. The number of carbonyl (C=O) groups is 1. The SMILES string of the molecule is O=C(C=P(c1ccccc1)(c1ccccc1)c1ccccc1)c1ccccc1Br. The molecular formula is C26H20BrOP. The molecule has 0 saturated carbocycles. The fourth-order valence-corrected chi connectivity index (χ4v) is 7.81. The molecule has 0 unspecified atom stereocenters. The van der Waals surface area contributed by atoms with Crippen molar-refractivity contribution in [1.29, 1.82) is 0 Å². The van der Waals surface area contributed by atoms with Crippen molar-refractivity contribution < 1.29 is 4.79 Å². The van der Waals surface area contributed by atoms with Crippen molar-refractivity contribution in [3.63, 3.8) is 0 Å². The minimum Gasteiger partial charge on any atom is -0.289 e. The summed E-state index contributed by atoms with van der Waals surface area (Å²) in [6.45, 7) is -2.29. The maximum Gasteiger partial charge on any atom is 0.188 e. The highest BCUT2D eigenvalue weighted by molar-refractivity contribution is 9.10. The molecule has 142 valence electrons. The predicted octanol–water partition coefficient (Wildman–Crippen LogP) is 5.43. The van der Waals surface area contributed by atoms with E-state index in [-0.39, 0.29) is 5.78 Å². The summed E-state index contributed by atoms with van der Waals surface area (Å²) in [5.41, 5.74) is 0.680. The Morgan fingerprint density at radius 1 is 0.586 bits per heavy atom. The molecule has 4 aromatic carbocycles. The first-order chi connectivity index (χ1) is 14.2. The number of halogens is 1. The van der Waals surface area contributed by atoms with Gasteiger partial charge in [-0.2, -0.15) is 0 Å². The number of benzene rings is 4. The quantitative estimate of drug-likeness (QED) is 0.288. The van der Waals surface area contributed by atoms with Gasteiger partial charge in [0.15, 0.2) is 5.78 Å². The number of ketones is 1. The van der Waals surface area contributed by atoms with Crippen LogP contribution in [0.5, 0.6) is 0 Å². The summed E-state index contributed by atoms with van der Waals surface area (Å²) in [6.07, 6.45) is 0. The molecule has 4 aromatic rings. The molecule has 0 N–H and O–H groups in total. The van der Waals surface area contributed by atoms with Crippen LogP contribution in [0.4, 0.5) is 0 Å². The molecule has 0 bridgehead atoms. The van der Waals surface area contributed by atoms with E-state index in [1.807, 2.05) is 84.7 Å². The summed E-state index contributed by atoms with van der Waals surface area (Å²) < 4.78 is 0.813. The van der Waals surface area contributed by atoms with Gasteiger partial charge in [-0.15, -0.1) is 0 Å². The van der Waals surface area contributed by atoms with E-state index in [2.05, 4.69) is 52.3 Å². The van der Waals surface area contributed by atoms with E-state index in [9.17, 15) is 4.79 Å². The molecule has 0 heterocycles. The van der Waals surface area contributed by atoms with Crippen LogP contribution >= 0.6 is 22.8 Å². The second kappa shape index (κ2) is 8.78. The fourth-order valence-electron chi connectivity index (χ4n) is 3.57. The summed E-state index contributed by atoms with van der Waals surface area (Å²) in [6, 6.07) is 38.8. The zero-order chi connectivity index (χ0) is 20.1. The molecule has 0 atom stereocenters. The van der Waals surface area contributed by atoms with Crippen molar-refractivity contribution in [1.82, 2.24) is 0 Å². The number of Topliss-reactive ketones (excluding diaryl/α,β-unsaturated/α-hetero) is 1. The van der Waals surface area contributed by atoms with Gasteiger partial charge in [0.05, 0.1) is 0 Å². The van der Waals surface area contributed by atoms with Crippen molar-refractivity contribution in [2.75, 3.05) is 0 Å². The maximum absolute atomic E-state index is 13.5. The lowest BCUT2D eigenvalue weighted by Crippen LogP contribution is -2.28. The molecule has 0 aliphatic rings. The lowest BCUT2D eigenvalue weighted by molar-refractivity contribution is 0.107. The van der Waals surface area contributed by atoms with E-state index in [1.54, 1.807) is 0 Å². The molecule has 29 heavy (non-hydrogen) atoms. The Labute approximate surface area is 180 Å². The second-order valence-corrected chi connectivity index (χ2v) is 10.8. The Morgan fingerprint density at radius 3 is 1.38 bits per heavy atom. The van der Waals surface area contributed by atoms with Gasteiger partial charge in [0, 0.05) is 10.0 Å². The lowest BCUT2D eigenvalue weighted by Gasteiger charge is -2.28. The summed E-state index contributed by atoms with van der Waals surface area (Å²) >= 11 is 3.54. The molecule has 0 aromatic heterocycles. The maximum atomic E-state index is 13.5. The van der Waals surface area contributed by atoms with Gasteiger partial charge in [-0.1, -0.05) is 119 Å². The fraction of sp³-hybridized carbons (Fsp3) is 0. The normalized spacial score (nSPS) is 11.1. The monoisotopic (exact) mass is 458 g/mol. The van der Waals surface area contributed by atoms with Gasteiger partial charge in [-0.25, -0.2) is 0 Å². The van der Waals surface area contributed by atoms with Crippen LogP contribution in [-0.4, -0.2) is 11.6 Å². The molecular weight excluding hydrogens is 439 g/mol. The first kappa shape index (κ1) is 19.6. The Hall–Kier alpha value is -2.67. The Kier molecular flexibility index (Phi) is 5.94. The van der Waals surface area contributed by atoms with Gasteiger partial charge in [0.1, 0.15) is 0 Å². The lowest BCUT2D eigenvalue weighted by atomic mass is 10.2. The number of carbonyl (C=O) groups excluding carboxylic acids is 1. The van der Waals surface area contributed by atoms with E-state index in [4.69, 9.17) is 0 Å². The molecule has 0 saturated heterocycles. The zero-order valence-electron chi connectivity index (χ0n) is 15.8. The topological polar surface area (TPSA) is 17.1 Å². The molecule has 0 spiro atoms. The number of rotatable bonds is 5. The Bertz CT molecular complexity index is 1070. The van der Waals surface area contributed by atoms with E-state index in [0.717, 1.165) is 20.4 Å². The predicted molar refractivity (Wildman–Crippen MR) is 130 cm³/mol. The standard InChI is InChI=1S/C26H20BrOP/c27-25-19-11-10-18-24(25)26(28)20-29(21-12-4-1-5-13-21,22-14-6-2-7-15-22)23-16-8-3-9-17-23/h1-20H. The van der Waals surface area contributed by atoms with Crippen LogP contribution in [0.2, 0.25) is 0 Å². The smallest absolute Gasteiger partial charge is 0.188 e. The second-order valence-electron chi connectivity index (χ2n) is 6.70. The average Bonchev–Trinajstić information content (AvgIpc) is 2.79. The van der Waals surface area contributed by atoms with E-state index in [0.29, 0.717) is 5.56 Å². The van der Waals surface area contributed by atoms with Crippen molar-refractivity contribution >= 4 is 50.3 Å². The molecule has 1 nitrogen and oxygen atoms in total. The highest BCUT2D eigenvalue weighted by Gasteiger charge is 2.26. The summed E-state index contributed by atoms with van der Waals surface area (Å²) in [7, 11) is 0. The van der Waals surface area contributed by atoms with Gasteiger partial charge in [0.25, 0.3) is 0 Å². The first-order valence-corrected chi connectivity index (χ1v) is 12.1. The van der Waals surface area contributed by atoms with E-state index in [1.165, 1.54) is 0 Å². The van der Waals surface area contributed by atoms with Crippen LogP contribution in [0, 0.1) is 0 Å². The summed E-state index contributed by atoms with van der Waals surface area (Å²) in [5, 5.41) is 3.49. The minimum atomic E-state index is -2.29. The highest BCUT2D eigenvalue weighted by Crippen LogP contribution is 2.44. The third kappa shape index (κ3) is 3.92. The summed E-state index contributed by atoms with van der Waals surface area (Å²) in [5.74, 6) is 2.00. The third-order valence-electron chi connectivity index (χ3n) is 4.94. The number of hydrogen-bond donors (Lipinski definition) is 0. The van der Waals surface area contributed by atoms with E-state index < -0.39 is 6.89 Å². The minimum absolute atomic E-state index is 0.0300. The average molecular weight is 459 g/mol. The molecule has 3 heteroatoms. The highest BCUT2D eigenvalue weighted by atomic mass is 79.9. The molecule has 0 amide bonds. The summed E-state index contributed by atoms with van der Waals surface area (Å²) in [4.78, 5) is 13.5. The van der Waals surface area contributed by atoms with Gasteiger partial charge in [-0.05, 0) is 40.7 Å². The Balaban J connectivity index is 2.09. The molecule has 0 aliphatic carbocycles. The van der Waals surface area contributed by atoms with Crippen LogP contribution in [0.25, 0.3) is 0 Å². The molecule has 0 radical (unpaired) electrons. The van der Waals surface area contributed by atoms with E-state index >= 15 is 0 Å². The molecule has 0 aliphatic heterocycles. The van der Waals surface area contributed by atoms with Crippen LogP contribution in [0.3, 0.4) is 0 Å². The van der Waals surface area contributed by atoms with Gasteiger partial charge in [-0.3, -0.25) is 4.79 Å². The van der Waals surface area contributed by atoms with Gasteiger partial charge >= 0.3 is 0 Å². The van der Waals surface area contributed by atoms with Crippen LogP contribution < -0.4 is 15.9 Å². The van der Waals surface area contributed by atoms with Gasteiger partial charge < -0.3 is 0 Å². The van der Waals surface area contributed by atoms with Crippen LogP contribution in [-0.2, 0) is 0 Å². The van der Waals surface area contributed by atoms with Gasteiger partial charge in [0.2, 0.25) is 0 Å². The van der Waals surface area contributed by atoms with Crippen LogP contribution in [0.1, 0.15) is 10.4 Å². The zero-order valence-corrected chi connectivity index (χ0v) is 18.3. The number of hydrogen-bond acceptors (Lipinski definition) is 1. The first-order valence-electron chi connectivity index (χ1n) is 9.42. The molecule has 0 fully saturated rings. The third-order valence-corrected chi connectivity index (χ3v) is 9.59. The van der Waals surface area contributed by atoms with Crippen molar-refractivity contribution in [3.05, 3.63) is 125 Å².